The van der Waals surface area contributed by atoms with E-state index in [4.69, 9.17) is 0 Å². The molecule has 40 valence electrons. The van der Waals surface area contributed by atoms with Crippen molar-refractivity contribution in [3.63, 3.8) is 0 Å². The molecule has 0 bridgehead atoms. The summed E-state index contributed by atoms with van der Waals surface area (Å²) >= 11 is 3.92. The molecule has 0 rings (SSSR count). The van der Waals surface area contributed by atoms with Crippen LogP contribution < -0.4 is 0 Å². The zero-order chi connectivity index (χ0) is 5.86. The van der Waals surface area contributed by atoms with Crippen LogP contribution in [0.4, 0.5) is 0 Å². The van der Waals surface area contributed by atoms with Gasteiger partial charge < -0.3 is 0 Å². The van der Waals surface area contributed by atoms with Crippen LogP contribution in [-0.2, 0) is 4.79 Å². The topological polar surface area (TPSA) is 17.1 Å². The van der Waals surface area contributed by atoms with Crippen molar-refractivity contribution in [1.29, 1.82) is 0 Å². The van der Waals surface area contributed by atoms with Crippen LogP contribution in [0.15, 0.2) is 10.5 Å². The number of hydrogen-bond donors (Lipinski definition) is 1. The maximum atomic E-state index is 9.84. The molecule has 0 aromatic carbocycles. The highest BCUT2D eigenvalue weighted by Gasteiger charge is 1.84. The first-order valence-corrected chi connectivity index (χ1v) is 2.45. The average molecular weight is 116 g/mol. The summed E-state index contributed by atoms with van der Waals surface area (Å²) in [5.41, 5.74) is 0.698. The number of carbonyl (C=O) groups is 1. The molecule has 0 aromatic heterocycles. The van der Waals surface area contributed by atoms with Crippen molar-refractivity contribution < 1.29 is 4.79 Å². The Labute approximate surface area is 48.8 Å². The molecule has 0 N–H and O–H groups in total. The summed E-state index contributed by atoms with van der Waals surface area (Å²) in [4.78, 5) is 10.6. The lowest BCUT2D eigenvalue weighted by Crippen LogP contribution is -1.75. The zero-order valence-corrected chi connectivity index (χ0v) is 5.33. The second-order valence-electron chi connectivity index (χ2n) is 1.39. The van der Waals surface area contributed by atoms with E-state index in [1.807, 2.05) is 0 Å². The third-order valence-electron chi connectivity index (χ3n) is 0.747. The van der Waals surface area contributed by atoms with Gasteiger partial charge in [-0.15, -0.1) is 12.6 Å². The standard InChI is InChI=1S/C5H8OS/c1-4(3-6)5(2)7/h3,7H,1-2H3/b5-4+. The quantitative estimate of drug-likeness (QED) is 0.311. The highest BCUT2D eigenvalue weighted by atomic mass is 32.1. The summed E-state index contributed by atoms with van der Waals surface area (Å²) in [5.74, 6) is 0. The molecule has 0 aliphatic rings. The van der Waals surface area contributed by atoms with E-state index in [9.17, 15) is 4.79 Å². The highest BCUT2D eigenvalue weighted by molar-refractivity contribution is 7.84. The fourth-order valence-electron chi connectivity index (χ4n) is 0.0853. The minimum atomic E-state index is 0.698. The second kappa shape index (κ2) is 2.86. The Hall–Kier alpha value is -0.240. The molecule has 0 spiro atoms. The van der Waals surface area contributed by atoms with Gasteiger partial charge in [-0.3, -0.25) is 4.79 Å². The summed E-state index contributed by atoms with van der Waals surface area (Å²) in [6, 6.07) is 0. The molecule has 0 saturated heterocycles. The lowest BCUT2D eigenvalue weighted by atomic mass is 10.3. The maximum Gasteiger partial charge on any atom is 0.146 e. The van der Waals surface area contributed by atoms with Gasteiger partial charge in [0.05, 0.1) is 0 Å². The molecule has 0 amide bonds. The van der Waals surface area contributed by atoms with Crippen LogP contribution >= 0.6 is 12.6 Å². The van der Waals surface area contributed by atoms with Gasteiger partial charge in [-0.2, -0.15) is 0 Å². The van der Waals surface area contributed by atoms with Gasteiger partial charge in [0.15, 0.2) is 0 Å². The Bertz CT molecular complexity index is 101. The van der Waals surface area contributed by atoms with Gasteiger partial charge in [0.25, 0.3) is 0 Å². The van der Waals surface area contributed by atoms with E-state index in [0.717, 1.165) is 11.2 Å². The molecule has 2 heteroatoms. The van der Waals surface area contributed by atoms with Crippen molar-refractivity contribution in [3.05, 3.63) is 10.5 Å². The van der Waals surface area contributed by atoms with Crippen LogP contribution in [0.3, 0.4) is 0 Å². The highest BCUT2D eigenvalue weighted by Crippen LogP contribution is 2.02. The van der Waals surface area contributed by atoms with Crippen molar-refractivity contribution in [2.24, 2.45) is 0 Å². The van der Waals surface area contributed by atoms with E-state index in [0.29, 0.717) is 5.57 Å². The fraction of sp³-hybridized carbons (Fsp3) is 0.400. The van der Waals surface area contributed by atoms with Crippen molar-refractivity contribution in [2.45, 2.75) is 13.8 Å². The fourth-order valence-corrected chi connectivity index (χ4v) is 0.138. The summed E-state index contributed by atoms with van der Waals surface area (Å²) in [6.45, 7) is 3.52. The van der Waals surface area contributed by atoms with Crippen LogP contribution in [0.5, 0.6) is 0 Å². The summed E-state index contributed by atoms with van der Waals surface area (Å²) in [6.07, 6.45) is 0.794. The Kier molecular flexibility index (Phi) is 2.76. The first-order chi connectivity index (χ1) is 3.18. The predicted octanol–water partition coefficient (Wildman–Crippen LogP) is 1.41. The van der Waals surface area contributed by atoms with Gasteiger partial charge in [-0.1, -0.05) is 0 Å². The van der Waals surface area contributed by atoms with Crippen molar-refractivity contribution in [1.82, 2.24) is 0 Å². The third-order valence-corrected chi connectivity index (χ3v) is 1.10. The molecule has 0 unspecified atom stereocenters. The summed E-state index contributed by atoms with van der Waals surface area (Å²) in [7, 11) is 0. The van der Waals surface area contributed by atoms with E-state index < -0.39 is 0 Å². The van der Waals surface area contributed by atoms with E-state index in [2.05, 4.69) is 12.6 Å². The number of hydrogen-bond acceptors (Lipinski definition) is 2. The lowest BCUT2D eigenvalue weighted by Gasteiger charge is -1.85. The molecular weight excluding hydrogens is 108 g/mol. The summed E-state index contributed by atoms with van der Waals surface area (Å²) < 4.78 is 0. The van der Waals surface area contributed by atoms with Gasteiger partial charge in [0.2, 0.25) is 0 Å². The molecule has 0 saturated carbocycles. The molecule has 0 aliphatic heterocycles. The second-order valence-corrected chi connectivity index (χ2v) is 2.06. The molecule has 0 atom stereocenters. The maximum absolute atomic E-state index is 9.84. The predicted molar refractivity (Wildman–Crippen MR) is 33.4 cm³/mol. The smallest absolute Gasteiger partial charge is 0.146 e. The third kappa shape index (κ3) is 2.45. The van der Waals surface area contributed by atoms with Gasteiger partial charge in [-0.05, 0) is 24.3 Å². The van der Waals surface area contributed by atoms with Crippen molar-refractivity contribution in [2.75, 3.05) is 0 Å². The number of rotatable bonds is 1. The van der Waals surface area contributed by atoms with Crippen LogP contribution in [-0.4, -0.2) is 6.29 Å². The molecule has 0 fully saturated rings. The molecule has 0 aliphatic carbocycles. The average Bonchev–Trinajstić information content (AvgIpc) is 1.65. The summed E-state index contributed by atoms with van der Waals surface area (Å²) in [5, 5.41) is 0. The Balaban J connectivity index is 3.98. The van der Waals surface area contributed by atoms with Crippen LogP contribution in [0.25, 0.3) is 0 Å². The number of allylic oxidation sites excluding steroid dienone is 2. The van der Waals surface area contributed by atoms with E-state index >= 15 is 0 Å². The lowest BCUT2D eigenvalue weighted by molar-refractivity contribution is -0.104. The molecule has 0 heterocycles. The SMILES string of the molecule is C/C(S)=C(/C)C=O. The van der Waals surface area contributed by atoms with Gasteiger partial charge >= 0.3 is 0 Å². The van der Waals surface area contributed by atoms with E-state index in [1.54, 1.807) is 13.8 Å². The monoisotopic (exact) mass is 116 g/mol. The van der Waals surface area contributed by atoms with Gasteiger partial charge in [0, 0.05) is 0 Å². The van der Waals surface area contributed by atoms with Crippen molar-refractivity contribution in [3.8, 4) is 0 Å². The minimum absolute atomic E-state index is 0.698. The molecule has 7 heavy (non-hydrogen) atoms. The number of carbonyl (C=O) groups excluding carboxylic acids is 1. The number of thiol groups is 1. The van der Waals surface area contributed by atoms with E-state index in [1.165, 1.54) is 0 Å². The first kappa shape index (κ1) is 6.76. The Morgan fingerprint density at radius 1 is 1.57 bits per heavy atom. The zero-order valence-electron chi connectivity index (χ0n) is 4.43. The normalized spacial score (nSPS) is 13.0. The van der Waals surface area contributed by atoms with E-state index in [-0.39, 0.29) is 0 Å². The molecule has 0 aromatic rings. The number of aldehydes is 1. The largest absolute Gasteiger partial charge is 0.298 e. The minimum Gasteiger partial charge on any atom is -0.298 e. The Morgan fingerprint density at radius 3 is 2.00 bits per heavy atom. The van der Waals surface area contributed by atoms with Gasteiger partial charge in [-0.25, -0.2) is 0 Å². The van der Waals surface area contributed by atoms with Crippen molar-refractivity contribution >= 4 is 18.9 Å². The Morgan fingerprint density at radius 2 is 2.00 bits per heavy atom. The van der Waals surface area contributed by atoms with Crippen LogP contribution in [0.1, 0.15) is 13.8 Å². The van der Waals surface area contributed by atoms with Crippen LogP contribution in [0, 0.1) is 0 Å². The molecule has 0 radical (unpaired) electrons. The van der Waals surface area contributed by atoms with Crippen LogP contribution in [0.2, 0.25) is 0 Å². The molecular formula is C5H8OS. The molecule has 1 nitrogen and oxygen atoms in total. The van der Waals surface area contributed by atoms with Gasteiger partial charge in [0.1, 0.15) is 6.29 Å². The first-order valence-electron chi connectivity index (χ1n) is 2.00.